The minimum atomic E-state index is 0.733. The molecule has 0 bridgehead atoms. The molecule has 0 N–H and O–H groups in total. The molecular weight excluding hydrogens is 366 g/mol. The van der Waals surface area contributed by atoms with Crippen LogP contribution in [-0.2, 0) is 0 Å². The van der Waals surface area contributed by atoms with Gasteiger partial charge in [-0.2, -0.15) is 0 Å². The highest BCUT2D eigenvalue weighted by atomic mass is 16.5. The number of pyridine rings is 1. The average Bonchev–Trinajstić information content (AvgIpc) is 2.81. The number of rotatable bonds is 9. The summed E-state index contributed by atoms with van der Waals surface area (Å²) in [4.78, 5) is 4.41. The molecule has 1 saturated carbocycles. The number of ether oxygens (including phenoxy) is 1. The number of unbranched alkanes of at least 4 members (excludes halogenated alkanes) is 3. The van der Waals surface area contributed by atoms with Gasteiger partial charge >= 0.3 is 0 Å². The normalized spacial score (nSPS) is 18.5. The fourth-order valence-electron chi connectivity index (χ4n) is 4.33. The lowest BCUT2D eigenvalue weighted by atomic mass is 9.77. The van der Waals surface area contributed by atoms with Crippen molar-refractivity contribution >= 4 is 0 Å². The van der Waals surface area contributed by atoms with Gasteiger partial charge in [-0.05, 0) is 79.7 Å². The van der Waals surface area contributed by atoms with Gasteiger partial charge < -0.3 is 4.74 Å². The predicted octanol–water partition coefficient (Wildman–Crippen LogP) is 7.51. The molecule has 1 heterocycles. The van der Waals surface area contributed by atoms with Gasteiger partial charge in [0.05, 0.1) is 12.8 Å². The maximum absolute atomic E-state index is 5.71. The Kier molecular flexibility index (Phi) is 9.29. The summed E-state index contributed by atoms with van der Waals surface area (Å²) in [5.41, 5.74) is 3.32. The van der Waals surface area contributed by atoms with Crippen LogP contribution in [0.5, 0.6) is 5.75 Å². The van der Waals surface area contributed by atoms with E-state index in [-0.39, 0.29) is 0 Å². The minimum absolute atomic E-state index is 0.733. The van der Waals surface area contributed by atoms with E-state index >= 15 is 0 Å². The molecule has 0 spiro atoms. The summed E-state index contributed by atoms with van der Waals surface area (Å²) in [5.74, 6) is 8.94. The lowest BCUT2D eigenvalue weighted by Crippen LogP contribution is -2.13. The van der Waals surface area contributed by atoms with Gasteiger partial charge in [0.2, 0.25) is 0 Å². The molecule has 30 heavy (non-hydrogen) atoms. The van der Waals surface area contributed by atoms with Crippen molar-refractivity contribution in [2.75, 3.05) is 6.61 Å². The van der Waals surface area contributed by atoms with E-state index in [4.69, 9.17) is 4.74 Å². The maximum atomic E-state index is 5.71. The van der Waals surface area contributed by atoms with Gasteiger partial charge in [-0.15, -0.1) is 0 Å². The van der Waals surface area contributed by atoms with Gasteiger partial charge in [0.15, 0.2) is 0 Å². The van der Waals surface area contributed by atoms with E-state index in [1.165, 1.54) is 63.4 Å². The summed E-state index contributed by atoms with van der Waals surface area (Å²) in [6.07, 6.45) is 14.9. The Morgan fingerprint density at radius 2 is 1.63 bits per heavy atom. The van der Waals surface area contributed by atoms with Crippen LogP contribution in [-0.4, -0.2) is 11.6 Å². The molecule has 2 nitrogen and oxygen atoms in total. The molecule has 0 amide bonds. The van der Waals surface area contributed by atoms with Crippen LogP contribution in [0.2, 0.25) is 0 Å². The lowest BCUT2D eigenvalue weighted by Gasteiger charge is -2.28. The summed E-state index contributed by atoms with van der Waals surface area (Å²) in [7, 11) is 0. The number of aromatic nitrogens is 1. The fraction of sp³-hybridized carbons (Fsp3) is 0.536. The van der Waals surface area contributed by atoms with Crippen LogP contribution in [0.4, 0.5) is 0 Å². The first-order valence-corrected chi connectivity index (χ1v) is 12.0. The molecule has 160 valence electrons. The Morgan fingerprint density at radius 3 is 2.30 bits per heavy atom. The molecule has 1 aliphatic rings. The molecule has 2 aromatic rings. The summed E-state index contributed by atoms with van der Waals surface area (Å²) < 4.78 is 5.71. The van der Waals surface area contributed by atoms with Crippen LogP contribution in [0.25, 0.3) is 0 Å². The van der Waals surface area contributed by atoms with Crippen molar-refractivity contribution in [3.63, 3.8) is 0 Å². The summed E-state index contributed by atoms with van der Waals surface area (Å²) in [5, 5.41) is 0. The van der Waals surface area contributed by atoms with E-state index in [0.29, 0.717) is 0 Å². The number of hydrogen-bond donors (Lipinski definition) is 0. The number of benzene rings is 1. The SMILES string of the molecule is CCCCCOc1ccc(C#Cc2ccc(C3CCC(CCCC)CC3)cc2)nc1. The first-order valence-electron chi connectivity index (χ1n) is 12.0. The van der Waals surface area contributed by atoms with Gasteiger partial charge in [-0.25, -0.2) is 4.98 Å². The molecule has 1 aromatic carbocycles. The van der Waals surface area contributed by atoms with Crippen molar-refractivity contribution in [2.24, 2.45) is 5.92 Å². The van der Waals surface area contributed by atoms with Crippen molar-refractivity contribution in [2.45, 2.75) is 84.0 Å². The van der Waals surface area contributed by atoms with Crippen molar-refractivity contribution < 1.29 is 4.74 Å². The van der Waals surface area contributed by atoms with Gasteiger partial charge in [-0.1, -0.05) is 64.0 Å². The van der Waals surface area contributed by atoms with Crippen LogP contribution in [0.3, 0.4) is 0 Å². The molecule has 0 atom stereocenters. The molecule has 1 fully saturated rings. The molecule has 2 heteroatoms. The molecule has 0 radical (unpaired) electrons. The van der Waals surface area contributed by atoms with Crippen LogP contribution < -0.4 is 4.74 Å². The van der Waals surface area contributed by atoms with E-state index in [1.54, 1.807) is 6.20 Å². The minimum Gasteiger partial charge on any atom is -0.492 e. The van der Waals surface area contributed by atoms with Crippen LogP contribution >= 0.6 is 0 Å². The molecular formula is C28H37NO. The molecule has 0 unspecified atom stereocenters. The molecule has 1 aromatic heterocycles. The van der Waals surface area contributed by atoms with E-state index in [9.17, 15) is 0 Å². The quantitative estimate of drug-likeness (QED) is 0.319. The third kappa shape index (κ3) is 7.21. The van der Waals surface area contributed by atoms with Crippen molar-refractivity contribution in [3.05, 3.63) is 59.4 Å². The largest absolute Gasteiger partial charge is 0.492 e. The van der Waals surface area contributed by atoms with Gasteiger partial charge in [0.1, 0.15) is 11.4 Å². The monoisotopic (exact) mass is 403 g/mol. The van der Waals surface area contributed by atoms with E-state index in [2.05, 4.69) is 54.9 Å². The topological polar surface area (TPSA) is 22.1 Å². The summed E-state index contributed by atoms with van der Waals surface area (Å²) in [6, 6.07) is 12.8. The Morgan fingerprint density at radius 1 is 0.867 bits per heavy atom. The Balaban J connectivity index is 1.49. The standard InChI is InChI=1S/C28H37NO/c1-3-5-7-21-30-28-20-19-27(29-22-28)18-13-24-11-16-26(17-12-24)25-14-9-23(10-15-25)8-6-4-2/h11-12,16-17,19-20,22-23,25H,3-10,14-15,21H2,1-2H3. The van der Waals surface area contributed by atoms with Crippen molar-refractivity contribution in [1.29, 1.82) is 0 Å². The highest BCUT2D eigenvalue weighted by molar-refractivity contribution is 5.42. The van der Waals surface area contributed by atoms with Crippen molar-refractivity contribution in [3.8, 4) is 17.6 Å². The van der Waals surface area contributed by atoms with Gasteiger partial charge in [0, 0.05) is 5.56 Å². The van der Waals surface area contributed by atoms with E-state index in [0.717, 1.165) is 41.9 Å². The van der Waals surface area contributed by atoms with E-state index < -0.39 is 0 Å². The number of hydrogen-bond acceptors (Lipinski definition) is 2. The second-order valence-corrected chi connectivity index (χ2v) is 8.67. The Bertz CT molecular complexity index is 789. The predicted molar refractivity (Wildman–Crippen MR) is 126 cm³/mol. The second kappa shape index (κ2) is 12.4. The zero-order valence-corrected chi connectivity index (χ0v) is 18.8. The fourth-order valence-corrected chi connectivity index (χ4v) is 4.33. The average molecular weight is 404 g/mol. The van der Waals surface area contributed by atoms with E-state index in [1.807, 2.05) is 12.1 Å². The van der Waals surface area contributed by atoms with Crippen LogP contribution in [0.15, 0.2) is 42.6 Å². The van der Waals surface area contributed by atoms with Crippen LogP contribution in [0, 0.1) is 17.8 Å². The molecule has 0 aliphatic heterocycles. The number of nitrogens with zero attached hydrogens (tertiary/aromatic N) is 1. The first-order chi connectivity index (χ1) is 14.8. The lowest BCUT2D eigenvalue weighted by molar-refractivity contribution is 0.304. The third-order valence-corrected chi connectivity index (χ3v) is 6.28. The molecule has 0 saturated heterocycles. The van der Waals surface area contributed by atoms with Crippen molar-refractivity contribution in [1.82, 2.24) is 4.98 Å². The van der Waals surface area contributed by atoms with Gasteiger partial charge in [0.25, 0.3) is 0 Å². The highest BCUT2D eigenvalue weighted by Crippen LogP contribution is 2.37. The molecule has 1 aliphatic carbocycles. The highest BCUT2D eigenvalue weighted by Gasteiger charge is 2.21. The summed E-state index contributed by atoms with van der Waals surface area (Å²) >= 11 is 0. The zero-order valence-electron chi connectivity index (χ0n) is 18.8. The Hall–Kier alpha value is -2.27. The van der Waals surface area contributed by atoms with Crippen LogP contribution in [0.1, 0.15) is 101 Å². The first kappa shape index (κ1) is 22.4. The maximum Gasteiger partial charge on any atom is 0.137 e. The third-order valence-electron chi connectivity index (χ3n) is 6.28. The zero-order chi connectivity index (χ0) is 21.0. The molecule has 3 rings (SSSR count). The summed E-state index contributed by atoms with van der Waals surface area (Å²) in [6.45, 7) is 5.25. The smallest absolute Gasteiger partial charge is 0.137 e. The Labute approximate surface area is 183 Å². The van der Waals surface area contributed by atoms with Gasteiger partial charge in [-0.3, -0.25) is 0 Å². The second-order valence-electron chi connectivity index (χ2n) is 8.67.